The minimum absolute atomic E-state index is 0.0210. The van der Waals surface area contributed by atoms with E-state index >= 15 is 0 Å². The summed E-state index contributed by atoms with van der Waals surface area (Å²) in [7, 11) is 0. The van der Waals surface area contributed by atoms with Crippen LogP contribution in [0.4, 0.5) is 0 Å². The number of aliphatic hydroxyl groups is 1. The molecular formula is C8H15NO. The van der Waals surface area contributed by atoms with Crippen LogP contribution in [0.2, 0.25) is 0 Å². The van der Waals surface area contributed by atoms with Gasteiger partial charge in [0.15, 0.2) is 0 Å². The third kappa shape index (κ3) is 5.61. The van der Waals surface area contributed by atoms with Crippen molar-refractivity contribution in [3.63, 3.8) is 0 Å². The number of hydrogen-bond donors (Lipinski definition) is 2. The number of hydrogen-bond acceptors (Lipinski definition) is 2. The molecule has 0 aromatic heterocycles. The first-order valence-electron chi connectivity index (χ1n) is 3.35. The Morgan fingerprint density at radius 1 is 1.50 bits per heavy atom. The van der Waals surface area contributed by atoms with Crippen LogP contribution in [-0.2, 0) is 0 Å². The highest BCUT2D eigenvalue weighted by molar-refractivity contribution is 5.12. The van der Waals surface area contributed by atoms with Crippen LogP contribution in [0.15, 0.2) is 0 Å². The van der Waals surface area contributed by atoms with Gasteiger partial charge in [-0.05, 0) is 20.8 Å². The molecule has 10 heavy (non-hydrogen) atoms. The predicted molar refractivity (Wildman–Crippen MR) is 42.3 cm³/mol. The van der Waals surface area contributed by atoms with E-state index in [0.717, 1.165) is 0 Å². The molecule has 0 aliphatic heterocycles. The summed E-state index contributed by atoms with van der Waals surface area (Å²) in [4.78, 5) is 0. The maximum Gasteiger partial charge on any atom is 0.0899 e. The van der Waals surface area contributed by atoms with E-state index in [1.165, 1.54) is 0 Å². The smallest absolute Gasteiger partial charge is 0.0899 e. The molecule has 2 nitrogen and oxygen atoms in total. The topological polar surface area (TPSA) is 46.2 Å². The molecule has 0 aromatic rings. The minimum atomic E-state index is -0.390. The third-order valence-electron chi connectivity index (χ3n) is 0.829. The quantitative estimate of drug-likeness (QED) is 0.518. The van der Waals surface area contributed by atoms with Crippen LogP contribution in [0.3, 0.4) is 0 Å². The number of nitrogens with two attached hydrogens (primary N) is 1. The number of rotatable bonds is 1. The van der Waals surface area contributed by atoms with E-state index in [2.05, 4.69) is 11.8 Å². The number of aliphatic hydroxyl groups excluding tert-OH is 1. The van der Waals surface area contributed by atoms with E-state index in [4.69, 9.17) is 10.8 Å². The van der Waals surface area contributed by atoms with Crippen molar-refractivity contribution >= 4 is 0 Å². The van der Waals surface area contributed by atoms with Crippen molar-refractivity contribution in [2.75, 3.05) is 6.61 Å². The fourth-order valence-electron chi connectivity index (χ4n) is 0.355. The second-order valence-electron chi connectivity index (χ2n) is 3.31. The molecule has 0 aliphatic rings. The van der Waals surface area contributed by atoms with E-state index in [9.17, 15) is 0 Å². The van der Waals surface area contributed by atoms with Gasteiger partial charge in [0.05, 0.1) is 12.6 Å². The normalized spacial score (nSPS) is 13.7. The van der Waals surface area contributed by atoms with Crippen LogP contribution < -0.4 is 5.73 Å². The first-order valence-corrected chi connectivity index (χ1v) is 3.35. The Kier molecular flexibility index (Phi) is 3.41. The van der Waals surface area contributed by atoms with Gasteiger partial charge in [-0.2, -0.15) is 0 Å². The molecule has 0 fully saturated rings. The average Bonchev–Trinajstić information content (AvgIpc) is 1.81. The molecule has 0 aromatic carbocycles. The van der Waals surface area contributed by atoms with Gasteiger partial charge in [-0.1, -0.05) is 11.8 Å². The second-order valence-corrected chi connectivity index (χ2v) is 3.31. The monoisotopic (exact) mass is 141 g/mol. The summed E-state index contributed by atoms with van der Waals surface area (Å²) in [6, 6.07) is -0.390. The Labute approximate surface area is 62.4 Å². The third-order valence-corrected chi connectivity index (χ3v) is 0.829. The molecule has 0 unspecified atom stereocenters. The summed E-state index contributed by atoms with van der Waals surface area (Å²) < 4.78 is 0. The standard InChI is InChI=1S/C8H15NO/c1-8(2,3)5-4-7(9)6-10/h7,10H,6,9H2,1-3H3/t7-/m0/s1. The summed E-state index contributed by atoms with van der Waals surface area (Å²) in [6.07, 6.45) is 0. The zero-order chi connectivity index (χ0) is 8.20. The van der Waals surface area contributed by atoms with Crippen LogP contribution in [0.1, 0.15) is 20.8 Å². The summed E-state index contributed by atoms with van der Waals surface area (Å²) >= 11 is 0. The molecule has 3 N–H and O–H groups in total. The molecule has 0 spiro atoms. The van der Waals surface area contributed by atoms with Crippen molar-refractivity contribution in [2.45, 2.75) is 26.8 Å². The van der Waals surface area contributed by atoms with Crippen LogP contribution in [0.25, 0.3) is 0 Å². The maximum absolute atomic E-state index is 8.50. The van der Waals surface area contributed by atoms with Crippen LogP contribution >= 0.6 is 0 Å². The molecule has 2 heteroatoms. The van der Waals surface area contributed by atoms with Crippen molar-refractivity contribution in [2.24, 2.45) is 11.1 Å². The van der Waals surface area contributed by atoms with E-state index in [1.54, 1.807) is 0 Å². The summed E-state index contributed by atoms with van der Waals surface area (Å²) in [5.74, 6) is 5.69. The summed E-state index contributed by atoms with van der Waals surface area (Å²) in [5, 5.41) is 8.50. The highest BCUT2D eigenvalue weighted by Crippen LogP contribution is 2.09. The lowest BCUT2D eigenvalue weighted by molar-refractivity contribution is 0.287. The lowest BCUT2D eigenvalue weighted by Crippen LogP contribution is -2.22. The molecule has 0 saturated carbocycles. The van der Waals surface area contributed by atoms with Gasteiger partial charge in [-0.15, -0.1) is 0 Å². The Balaban J connectivity index is 3.91. The van der Waals surface area contributed by atoms with Gasteiger partial charge in [0.2, 0.25) is 0 Å². The van der Waals surface area contributed by atoms with Crippen molar-refractivity contribution in [3.05, 3.63) is 0 Å². The zero-order valence-corrected chi connectivity index (χ0v) is 6.81. The molecule has 0 aliphatic carbocycles. The SMILES string of the molecule is CC(C)(C)C#C[C@H](N)CO. The zero-order valence-electron chi connectivity index (χ0n) is 6.81. The molecule has 0 saturated heterocycles. The summed E-state index contributed by atoms with van der Waals surface area (Å²) in [6.45, 7) is 5.95. The summed E-state index contributed by atoms with van der Waals surface area (Å²) in [5.41, 5.74) is 5.34. The lowest BCUT2D eigenvalue weighted by atomic mass is 9.97. The fourth-order valence-corrected chi connectivity index (χ4v) is 0.355. The second kappa shape index (κ2) is 3.60. The van der Waals surface area contributed by atoms with Crippen molar-refractivity contribution in [3.8, 4) is 11.8 Å². The average molecular weight is 141 g/mol. The Morgan fingerprint density at radius 2 is 2.00 bits per heavy atom. The van der Waals surface area contributed by atoms with E-state index < -0.39 is 0 Å². The van der Waals surface area contributed by atoms with E-state index in [-0.39, 0.29) is 18.1 Å². The Morgan fingerprint density at radius 3 is 2.30 bits per heavy atom. The predicted octanol–water partition coefficient (Wildman–Crippen LogP) is 0.355. The molecule has 58 valence electrons. The van der Waals surface area contributed by atoms with Gasteiger partial charge in [-0.25, -0.2) is 0 Å². The lowest BCUT2D eigenvalue weighted by Gasteiger charge is -2.07. The van der Waals surface area contributed by atoms with Gasteiger partial charge in [0, 0.05) is 5.41 Å². The van der Waals surface area contributed by atoms with Crippen LogP contribution in [0.5, 0.6) is 0 Å². The largest absolute Gasteiger partial charge is 0.394 e. The molecule has 0 rings (SSSR count). The van der Waals surface area contributed by atoms with Crippen molar-refractivity contribution in [1.82, 2.24) is 0 Å². The Bertz CT molecular complexity index is 147. The van der Waals surface area contributed by atoms with Gasteiger partial charge in [0.1, 0.15) is 0 Å². The first kappa shape index (κ1) is 9.48. The Hall–Kier alpha value is -0.520. The van der Waals surface area contributed by atoms with E-state index in [1.807, 2.05) is 20.8 Å². The van der Waals surface area contributed by atoms with Crippen LogP contribution in [0, 0.1) is 17.3 Å². The first-order chi connectivity index (χ1) is 4.45. The van der Waals surface area contributed by atoms with Gasteiger partial charge in [-0.3, -0.25) is 0 Å². The minimum Gasteiger partial charge on any atom is -0.394 e. The molecular weight excluding hydrogens is 126 g/mol. The molecule has 0 bridgehead atoms. The maximum atomic E-state index is 8.50. The van der Waals surface area contributed by atoms with Crippen LogP contribution in [-0.4, -0.2) is 17.8 Å². The molecule has 0 amide bonds. The van der Waals surface area contributed by atoms with Gasteiger partial charge < -0.3 is 10.8 Å². The molecule has 0 radical (unpaired) electrons. The highest BCUT2D eigenvalue weighted by Gasteiger charge is 2.03. The van der Waals surface area contributed by atoms with E-state index in [0.29, 0.717) is 0 Å². The molecule has 0 heterocycles. The van der Waals surface area contributed by atoms with Gasteiger partial charge >= 0.3 is 0 Å². The van der Waals surface area contributed by atoms with Gasteiger partial charge in [0.25, 0.3) is 0 Å². The fraction of sp³-hybridized carbons (Fsp3) is 0.750. The van der Waals surface area contributed by atoms with Crippen molar-refractivity contribution < 1.29 is 5.11 Å². The van der Waals surface area contributed by atoms with Crippen molar-refractivity contribution in [1.29, 1.82) is 0 Å². The molecule has 1 atom stereocenters. The highest BCUT2D eigenvalue weighted by atomic mass is 16.3.